The van der Waals surface area contributed by atoms with Crippen molar-refractivity contribution in [3.05, 3.63) is 35.4 Å². The summed E-state index contributed by atoms with van der Waals surface area (Å²) in [5.41, 5.74) is -0.168. The molecule has 1 aromatic rings. The molecular formula is C17H22F3N3O2S. The first-order valence-corrected chi connectivity index (χ1v) is 9.18. The standard InChI is InChI=1S/C17H22F3N3O2S/c1-11(15(25)21-8-9-22(2)3)23-14(24)10-26-16(23)12-4-6-13(7-5-12)17(18,19)20/h4-7,11,16H,8-10H2,1-3H3,(H,21,25). The van der Waals surface area contributed by atoms with Gasteiger partial charge in [-0.15, -0.1) is 11.8 Å². The summed E-state index contributed by atoms with van der Waals surface area (Å²) < 4.78 is 38.2. The summed E-state index contributed by atoms with van der Waals surface area (Å²) in [5.74, 6) is -0.282. The first-order valence-electron chi connectivity index (χ1n) is 8.13. The van der Waals surface area contributed by atoms with Gasteiger partial charge in [0.2, 0.25) is 11.8 Å². The SMILES string of the molecule is CC(C(=O)NCCN(C)C)N1C(=O)CSC1c1ccc(C(F)(F)F)cc1. The molecule has 0 aliphatic carbocycles. The fourth-order valence-electron chi connectivity index (χ4n) is 2.63. The van der Waals surface area contributed by atoms with E-state index in [1.165, 1.54) is 28.8 Å². The lowest BCUT2D eigenvalue weighted by Gasteiger charge is -2.30. The molecule has 2 unspecified atom stereocenters. The van der Waals surface area contributed by atoms with Crippen LogP contribution >= 0.6 is 11.8 Å². The third-order valence-electron chi connectivity index (χ3n) is 4.08. The average Bonchev–Trinajstić information content (AvgIpc) is 2.94. The van der Waals surface area contributed by atoms with Gasteiger partial charge in [0.25, 0.3) is 0 Å². The highest BCUT2D eigenvalue weighted by Crippen LogP contribution is 2.41. The zero-order valence-electron chi connectivity index (χ0n) is 14.8. The summed E-state index contributed by atoms with van der Waals surface area (Å²) in [7, 11) is 3.77. The number of halogens is 3. The smallest absolute Gasteiger partial charge is 0.353 e. The molecule has 1 N–H and O–H groups in total. The lowest BCUT2D eigenvalue weighted by atomic mass is 10.1. The summed E-state index contributed by atoms with van der Waals surface area (Å²) in [5, 5.41) is 2.31. The molecule has 1 saturated heterocycles. The second-order valence-electron chi connectivity index (χ2n) is 6.35. The van der Waals surface area contributed by atoms with E-state index < -0.39 is 23.2 Å². The van der Waals surface area contributed by atoms with Crippen LogP contribution in [-0.4, -0.2) is 60.6 Å². The third kappa shape index (κ3) is 4.91. The van der Waals surface area contributed by atoms with Crippen molar-refractivity contribution in [3.8, 4) is 0 Å². The summed E-state index contributed by atoms with van der Waals surface area (Å²) in [4.78, 5) is 28.0. The van der Waals surface area contributed by atoms with Crippen molar-refractivity contribution in [1.82, 2.24) is 15.1 Å². The highest BCUT2D eigenvalue weighted by Gasteiger charge is 2.39. The Bertz CT molecular complexity index is 650. The van der Waals surface area contributed by atoms with Crippen LogP contribution in [0, 0.1) is 0 Å². The van der Waals surface area contributed by atoms with E-state index in [9.17, 15) is 22.8 Å². The Hall–Kier alpha value is -1.74. The Kier molecular flexibility index (Phi) is 6.57. The molecule has 0 spiro atoms. The van der Waals surface area contributed by atoms with Crippen LogP contribution in [0.3, 0.4) is 0 Å². The van der Waals surface area contributed by atoms with Gasteiger partial charge >= 0.3 is 6.18 Å². The van der Waals surface area contributed by atoms with Crippen molar-refractivity contribution in [2.24, 2.45) is 0 Å². The van der Waals surface area contributed by atoms with E-state index >= 15 is 0 Å². The fraction of sp³-hybridized carbons (Fsp3) is 0.529. The van der Waals surface area contributed by atoms with Crippen LogP contribution in [0.5, 0.6) is 0 Å². The van der Waals surface area contributed by atoms with E-state index in [1.807, 2.05) is 19.0 Å². The Labute approximate surface area is 154 Å². The number of nitrogens with zero attached hydrogens (tertiary/aromatic N) is 2. The Balaban J connectivity index is 2.11. The van der Waals surface area contributed by atoms with E-state index in [4.69, 9.17) is 0 Å². The minimum atomic E-state index is -4.41. The van der Waals surface area contributed by atoms with Crippen LogP contribution in [0.2, 0.25) is 0 Å². The molecule has 0 bridgehead atoms. The van der Waals surface area contributed by atoms with Gasteiger partial charge in [0, 0.05) is 13.1 Å². The summed E-state index contributed by atoms with van der Waals surface area (Å²) in [6.07, 6.45) is -4.41. The molecule has 1 aromatic carbocycles. The average molecular weight is 389 g/mol. The van der Waals surface area contributed by atoms with Gasteiger partial charge in [0.05, 0.1) is 11.3 Å². The van der Waals surface area contributed by atoms with Crippen LogP contribution in [0.15, 0.2) is 24.3 Å². The van der Waals surface area contributed by atoms with Gasteiger partial charge in [0.15, 0.2) is 0 Å². The van der Waals surface area contributed by atoms with Gasteiger partial charge in [0.1, 0.15) is 11.4 Å². The van der Waals surface area contributed by atoms with E-state index in [-0.39, 0.29) is 17.6 Å². The first-order chi connectivity index (χ1) is 12.1. The minimum Gasteiger partial charge on any atom is -0.353 e. The molecule has 1 aliphatic rings. The predicted octanol–water partition coefficient (Wildman–Crippen LogP) is 2.35. The van der Waals surface area contributed by atoms with Crippen LogP contribution < -0.4 is 5.32 Å². The predicted molar refractivity (Wildman–Crippen MR) is 94.5 cm³/mol. The fourth-order valence-corrected chi connectivity index (χ4v) is 3.89. The number of hydrogen-bond donors (Lipinski definition) is 1. The van der Waals surface area contributed by atoms with E-state index in [2.05, 4.69) is 5.32 Å². The maximum atomic E-state index is 12.7. The molecule has 1 heterocycles. The van der Waals surface area contributed by atoms with Crippen LogP contribution in [0.4, 0.5) is 13.2 Å². The maximum absolute atomic E-state index is 12.7. The van der Waals surface area contributed by atoms with Gasteiger partial charge in [-0.2, -0.15) is 13.2 Å². The number of thioether (sulfide) groups is 1. The second-order valence-corrected chi connectivity index (χ2v) is 7.42. The number of carbonyl (C=O) groups is 2. The van der Waals surface area contributed by atoms with Crippen LogP contribution in [0.1, 0.15) is 23.4 Å². The summed E-state index contributed by atoms with van der Waals surface area (Å²) in [6.45, 7) is 2.76. The molecular weight excluding hydrogens is 367 g/mol. The summed E-state index contributed by atoms with van der Waals surface area (Å²) >= 11 is 1.31. The molecule has 0 radical (unpaired) electrons. The number of likely N-dealkylation sites (N-methyl/N-ethyl adjacent to an activating group) is 1. The number of nitrogens with one attached hydrogen (secondary N) is 1. The molecule has 26 heavy (non-hydrogen) atoms. The third-order valence-corrected chi connectivity index (χ3v) is 5.31. The van der Waals surface area contributed by atoms with Crippen LogP contribution in [-0.2, 0) is 15.8 Å². The highest BCUT2D eigenvalue weighted by molar-refractivity contribution is 8.00. The highest BCUT2D eigenvalue weighted by atomic mass is 32.2. The van der Waals surface area contributed by atoms with Crippen molar-refractivity contribution in [3.63, 3.8) is 0 Å². The van der Waals surface area contributed by atoms with E-state index in [1.54, 1.807) is 6.92 Å². The molecule has 2 rings (SSSR count). The number of amides is 2. The number of alkyl halides is 3. The second kappa shape index (κ2) is 8.30. The maximum Gasteiger partial charge on any atom is 0.416 e. The topological polar surface area (TPSA) is 52.7 Å². The first kappa shape index (κ1) is 20.6. The molecule has 0 saturated carbocycles. The van der Waals surface area contributed by atoms with Crippen molar-refractivity contribution < 1.29 is 22.8 Å². The molecule has 9 heteroatoms. The molecule has 144 valence electrons. The van der Waals surface area contributed by atoms with Crippen molar-refractivity contribution in [2.45, 2.75) is 24.5 Å². The van der Waals surface area contributed by atoms with Gasteiger partial charge in [-0.1, -0.05) is 12.1 Å². The Morgan fingerprint density at radius 3 is 2.50 bits per heavy atom. The number of hydrogen-bond acceptors (Lipinski definition) is 4. The van der Waals surface area contributed by atoms with E-state index in [0.29, 0.717) is 18.7 Å². The number of carbonyl (C=O) groups excluding carboxylic acids is 2. The van der Waals surface area contributed by atoms with Gasteiger partial charge < -0.3 is 15.1 Å². The molecule has 1 aliphatic heterocycles. The zero-order chi connectivity index (χ0) is 19.5. The van der Waals surface area contributed by atoms with Gasteiger partial charge in [-0.25, -0.2) is 0 Å². The number of benzene rings is 1. The van der Waals surface area contributed by atoms with Gasteiger partial charge in [-0.05, 0) is 38.7 Å². The quantitative estimate of drug-likeness (QED) is 0.812. The Morgan fingerprint density at radius 1 is 1.35 bits per heavy atom. The Morgan fingerprint density at radius 2 is 1.96 bits per heavy atom. The minimum absolute atomic E-state index is 0.195. The summed E-state index contributed by atoms with van der Waals surface area (Å²) in [6, 6.07) is 4.02. The van der Waals surface area contributed by atoms with Gasteiger partial charge in [-0.3, -0.25) is 9.59 Å². The lowest BCUT2D eigenvalue weighted by molar-refractivity contribution is -0.138. The van der Waals surface area contributed by atoms with Crippen molar-refractivity contribution >= 4 is 23.6 Å². The monoisotopic (exact) mass is 389 g/mol. The van der Waals surface area contributed by atoms with Crippen LogP contribution in [0.25, 0.3) is 0 Å². The molecule has 5 nitrogen and oxygen atoms in total. The lowest BCUT2D eigenvalue weighted by Crippen LogP contribution is -2.47. The van der Waals surface area contributed by atoms with E-state index in [0.717, 1.165) is 12.1 Å². The molecule has 2 amide bonds. The van der Waals surface area contributed by atoms with Crippen molar-refractivity contribution in [1.29, 1.82) is 0 Å². The molecule has 2 atom stereocenters. The molecule has 1 fully saturated rings. The molecule has 0 aromatic heterocycles. The largest absolute Gasteiger partial charge is 0.416 e. The number of rotatable bonds is 6. The normalized spacial score (nSPS) is 19.1. The zero-order valence-corrected chi connectivity index (χ0v) is 15.7. The van der Waals surface area contributed by atoms with Crippen molar-refractivity contribution in [2.75, 3.05) is 32.9 Å².